The maximum Gasteiger partial charge on any atom is 0.262 e. The Morgan fingerprint density at radius 1 is 1.11 bits per heavy atom. The first-order valence-electron chi connectivity index (χ1n) is 12.3. The maximum absolute atomic E-state index is 13.4. The van der Waals surface area contributed by atoms with E-state index in [0.717, 1.165) is 35.1 Å². The molecule has 0 saturated carbocycles. The van der Waals surface area contributed by atoms with Crippen molar-refractivity contribution in [3.8, 4) is 0 Å². The van der Waals surface area contributed by atoms with Crippen LogP contribution in [-0.2, 0) is 13.0 Å². The minimum Gasteiger partial charge on any atom is -0.352 e. The summed E-state index contributed by atoms with van der Waals surface area (Å²) in [5.41, 5.74) is 4.16. The van der Waals surface area contributed by atoms with Crippen molar-refractivity contribution >= 4 is 39.3 Å². The molecule has 0 unspecified atom stereocenters. The zero-order chi connectivity index (χ0) is 24.4. The number of rotatable bonds is 8. The van der Waals surface area contributed by atoms with E-state index in [4.69, 9.17) is 11.6 Å². The van der Waals surface area contributed by atoms with Crippen LogP contribution in [0.25, 0.3) is 21.8 Å². The third-order valence-corrected chi connectivity index (χ3v) is 7.13. The Bertz CT molecular complexity index is 1420. The SMILES string of the molecule is Cc1[nH]nc2c1c(=O)n(CCCNC(=O)c1ccc(Cl)cc1)c1ccc(CCN3CCCC3)cc21. The van der Waals surface area contributed by atoms with Gasteiger partial charge >= 0.3 is 0 Å². The van der Waals surface area contributed by atoms with Gasteiger partial charge in [0.2, 0.25) is 0 Å². The number of likely N-dealkylation sites (tertiary alicyclic amines) is 1. The first kappa shape index (κ1) is 23.6. The Balaban J connectivity index is 1.35. The molecule has 2 N–H and O–H groups in total. The second kappa shape index (κ2) is 10.2. The van der Waals surface area contributed by atoms with Crippen molar-refractivity contribution in [3.63, 3.8) is 0 Å². The summed E-state index contributed by atoms with van der Waals surface area (Å²) in [6, 6.07) is 13.2. The largest absolute Gasteiger partial charge is 0.352 e. The number of nitrogens with one attached hydrogen (secondary N) is 2. The van der Waals surface area contributed by atoms with Crippen molar-refractivity contribution in [2.45, 2.75) is 39.2 Å². The minimum absolute atomic E-state index is 0.0485. The summed E-state index contributed by atoms with van der Waals surface area (Å²) in [6.45, 7) is 6.28. The van der Waals surface area contributed by atoms with Gasteiger partial charge in [-0.25, -0.2) is 0 Å². The summed E-state index contributed by atoms with van der Waals surface area (Å²) < 4.78 is 1.82. The number of H-pyrrole nitrogens is 1. The molecule has 1 aliphatic rings. The second-order valence-corrected chi connectivity index (χ2v) is 9.73. The van der Waals surface area contributed by atoms with Crippen LogP contribution in [0.4, 0.5) is 0 Å². The first-order chi connectivity index (χ1) is 17.0. The topological polar surface area (TPSA) is 83.0 Å². The molecule has 1 saturated heterocycles. The number of halogens is 1. The van der Waals surface area contributed by atoms with Crippen LogP contribution in [-0.4, -0.2) is 51.8 Å². The van der Waals surface area contributed by atoms with Crippen LogP contribution in [0.5, 0.6) is 0 Å². The van der Waals surface area contributed by atoms with Crippen molar-refractivity contribution in [2.24, 2.45) is 0 Å². The van der Waals surface area contributed by atoms with Crippen LogP contribution in [0.2, 0.25) is 5.02 Å². The molecule has 2 aromatic heterocycles. The quantitative estimate of drug-likeness (QED) is 0.360. The number of benzene rings is 2. The van der Waals surface area contributed by atoms with E-state index in [1.807, 2.05) is 17.6 Å². The summed E-state index contributed by atoms with van der Waals surface area (Å²) >= 11 is 5.90. The van der Waals surface area contributed by atoms with Gasteiger partial charge in [0.25, 0.3) is 11.5 Å². The average Bonchev–Trinajstić information content (AvgIpc) is 3.52. The number of amides is 1. The third kappa shape index (κ3) is 4.97. The zero-order valence-corrected chi connectivity index (χ0v) is 20.7. The third-order valence-electron chi connectivity index (χ3n) is 6.88. The molecule has 1 aliphatic heterocycles. The molecule has 3 heterocycles. The molecule has 1 fully saturated rings. The lowest BCUT2D eigenvalue weighted by Gasteiger charge is -2.16. The van der Waals surface area contributed by atoms with Gasteiger partial charge in [-0.15, -0.1) is 0 Å². The number of aromatic amines is 1. The van der Waals surface area contributed by atoms with E-state index >= 15 is 0 Å². The molecule has 0 bridgehead atoms. The first-order valence-corrected chi connectivity index (χ1v) is 12.7. The van der Waals surface area contributed by atoms with Gasteiger partial charge in [0.1, 0.15) is 5.52 Å². The normalized spacial score (nSPS) is 14.2. The van der Waals surface area contributed by atoms with Gasteiger partial charge < -0.3 is 14.8 Å². The van der Waals surface area contributed by atoms with E-state index in [0.29, 0.717) is 35.5 Å². The van der Waals surface area contributed by atoms with Crippen LogP contribution < -0.4 is 10.9 Å². The van der Waals surface area contributed by atoms with Gasteiger partial charge in [-0.1, -0.05) is 17.7 Å². The van der Waals surface area contributed by atoms with Crippen LogP contribution in [0.1, 0.15) is 40.9 Å². The fourth-order valence-electron chi connectivity index (χ4n) is 4.95. The van der Waals surface area contributed by atoms with Gasteiger partial charge in [0.15, 0.2) is 0 Å². The molecule has 0 spiro atoms. The number of pyridine rings is 1. The van der Waals surface area contributed by atoms with E-state index < -0.39 is 0 Å². The van der Waals surface area contributed by atoms with E-state index in [1.165, 1.54) is 31.5 Å². The molecule has 1 amide bonds. The minimum atomic E-state index is -0.150. The average molecular weight is 492 g/mol. The predicted molar refractivity (Wildman–Crippen MR) is 140 cm³/mol. The number of carbonyl (C=O) groups excluding carboxylic acids is 1. The second-order valence-electron chi connectivity index (χ2n) is 9.30. The number of nitrogens with zero attached hydrogens (tertiary/aromatic N) is 3. The summed E-state index contributed by atoms with van der Waals surface area (Å²) in [5.74, 6) is -0.150. The molecule has 7 nitrogen and oxygen atoms in total. The summed E-state index contributed by atoms with van der Waals surface area (Å²) in [6.07, 6.45) is 4.19. The molecule has 0 aliphatic carbocycles. The van der Waals surface area contributed by atoms with Gasteiger partial charge in [-0.2, -0.15) is 5.10 Å². The van der Waals surface area contributed by atoms with Gasteiger partial charge in [0, 0.05) is 41.3 Å². The Morgan fingerprint density at radius 2 is 1.89 bits per heavy atom. The highest BCUT2D eigenvalue weighted by atomic mass is 35.5. The summed E-state index contributed by atoms with van der Waals surface area (Å²) in [4.78, 5) is 28.3. The molecule has 5 rings (SSSR count). The lowest BCUT2D eigenvalue weighted by atomic mass is 10.1. The smallest absolute Gasteiger partial charge is 0.262 e. The van der Waals surface area contributed by atoms with Crippen LogP contribution >= 0.6 is 11.6 Å². The standard InChI is InChI=1S/C27H30ClN5O2/c1-18-24-25(31-30-18)22-17-19(11-16-32-13-2-3-14-32)5-10-23(22)33(27(24)35)15-4-12-29-26(34)20-6-8-21(28)9-7-20/h5-10,17H,2-4,11-16H2,1H3,(H,29,34)(H,30,31). The number of hydrogen-bond donors (Lipinski definition) is 2. The number of hydrogen-bond acceptors (Lipinski definition) is 4. The highest BCUT2D eigenvalue weighted by Gasteiger charge is 2.17. The fourth-order valence-corrected chi connectivity index (χ4v) is 5.08. The summed E-state index contributed by atoms with van der Waals surface area (Å²) in [5, 5.41) is 12.6. The van der Waals surface area contributed by atoms with Gasteiger partial charge in [-0.05, 0) is 87.7 Å². The van der Waals surface area contributed by atoms with Crippen molar-refractivity contribution < 1.29 is 4.79 Å². The van der Waals surface area contributed by atoms with E-state index in [-0.39, 0.29) is 11.5 Å². The van der Waals surface area contributed by atoms with Crippen LogP contribution in [0.3, 0.4) is 0 Å². The van der Waals surface area contributed by atoms with Gasteiger partial charge in [-0.3, -0.25) is 14.7 Å². The van der Waals surface area contributed by atoms with Crippen molar-refractivity contribution in [1.29, 1.82) is 0 Å². The molecule has 4 aromatic rings. The highest BCUT2D eigenvalue weighted by Crippen LogP contribution is 2.25. The lowest BCUT2D eigenvalue weighted by Crippen LogP contribution is -2.27. The van der Waals surface area contributed by atoms with Crippen molar-refractivity contribution in [1.82, 2.24) is 25.0 Å². The lowest BCUT2D eigenvalue weighted by molar-refractivity contribution is 0.0953. The van der Waals surface area contributed by atoms with E-state index in [1.54, 1.807) is 24.3 Å². The maximum atomic E-state index is 13.4. The fraction of sp³-hybridized carbons (Fsp3) is 0.370. The Kier molecular flexibility index (Phi) is 6.88. The molecule has 0 radical (unpaired) electrons. The molecule has 8 heteroatoms. The van der Waals surface area contributed by atoms with Gasteiger partial charge in [0.05, 0.1) is 10.9 Å². The Hall–Kier alpha value is -3.16. The van der Waals surface area contributed by atoms with Crippen molar-refractivity contribution in [2.75, 3.05) is 26.2 Å². The van der Waals surface area contributed by atoms with E-state index in [9.17, 15) is 9.59 Å². The molecule has 2 aromatic carbocycles. The predicted octanol–water partition coefficient (Wildman–Crippen LogP) is 4.30. The van der Waals surface area contributed by atoms with Crippen molar-refractivity contribution in [3.05, 3.63) is 74.7 Å². The Labute approximate surface area is 209 Å². The molecular weight excluding hydrogens is 462 g/mol. The number of fused-ring (bicyclic) bond motifs is 3. The number of aryl methyl sites for hydroxylation is 2. The number of carbonyl (C=O) groups is 1. The van der Waals surface area contributed by atoms with Crippen LogP contribution in [0, 0.1) is 6.92 Å². The molecular formula is C27H30ClN5O2. The zero-order valence-electron chi connectivity index (χ0n) is 19.9. The molecule has 35 heavy (non-hydrogen) atoms. The van der Waals surface area contributed by atoms with Crippen LogP contribution in [0.15, 0.2) is 47.3 Å². The number of aromatic nitrogens is 3. The molecule has 182 valence electrons. The summed E-state index contributed by atoms with van der Waals surface area (Å²) in [7, 11) is 0. The van der Waals surface area contributed by atoms with E-state index in [2.05, 4.69) is 32.5 Å². The highest BCUT2D eigenvalue weighted by molar-refractivity contribution is 6.30. The monoisotopic (exact) mass is 491 g/mol. The Morgan fingerprint density at radius 3 is 2.66 bits per heavy atom. The molecule has 0 atom stereocenters.